The van der Waals surface area contributed by atoms with Crippen LogP contribution in [0, 0.1) is 11.3 Å². The zero-order valence-electron chi connectivity index (χ0n) is 8.43. The van der Waals surface area contributed by atoms with Crippen molar-refractivity contribution < 1.29 is 0 Å². The van der Waals surface area contributed by atoms with E-state index in [4.69, 9.17) is 5.26 Å². The molecule has 1 heterocycles. The SMILES string of the molecule is C=C/C=C(/C=C(\C#N)c1cccs1)[Se]C. The van der Waals surface area contributed by atoms with Crippen LogP contribution in [0.5, 0.6) is 0 Å². The first-order chi connectivity index (χ1) is 7.31. The fourth-order valence-corrected chi connectivity index (χ4v) is 2.70. The van der Waals surface area contributed by atoms with Gasteiger partial charge in [-0.25, -0.2) is 0 Å². The van der Waals surface area contributed by atoms with Crippen LogP contribution in [0.2, 0.25) is 5.82 Å². The molecule has 0 saturated carbocycles. The molecule has 0 atom stereocenters. The van der Waals surface area contributed by atoms with E-state index in [0.717, 1.165) is 10.5 Å². The van der Waals surface area contributed by atoms with Crippen LogP contribution in [0.3, 0.4) is 0 Å². The van der Waals surface area contributed by atoms with Crippen LogP contribution in [0.25, 0.3) is 5.57 Å². The molecule has 0 aromatic carbocycles. The van der Waals surface area contributed by atoms with E-state index in [9.17, 15) is 0 Å². The summed E-state index contributed by atoms with van der Waals surface area (Å²) in [6.07, 6.45) is 5.68. The van der Waals surface area contributed by atoms with E-state index in [1.807, 2.05) is 29.7 Å². The van der Waals surface area contributed by atoms with Crippen LogP contribution in [-0.4, -0.2) is 15.0 Å². The Morgan fingerprint density at radius 3 is 2.93 bits per heavy atom. The van der Waals surface area contributed by atoms with Crippen LogP contribution in [0.4, 0.5) is 0 Å². The summed E-state index contributed by atoms with van der Waals surface area (Å²) in [4.78, 5) is 1.02. The van der Waals surface area contributed by atoms with Crippen LogP contribution in [0.1, 0.15) is 4.88 Å². The van der Waals surface area contributed by atoms with E-state index >= 15 is 0 Å². The number of rotatable bonds is 4. The third-order valence-corrected chi connectivity index (χ3v) is 4.14. The van der Waals surface area contributed by atoms with E-state index in [2.05, 4.69) is 18.5 Å². The normalized spacial score (nSPS) is 12.3. The van der Waals surface area contributed by atoms with E-state index in [0.29, 0.717) is 15.0 Å². The molecule has 1 aromatic rings. The van der Waals surface area contributed by atoms with Gasteiger partial charge in [0, 0.05) is 0 Å². The number of nitrogens with zero attached hydrogens (tertiary/aromatic N) is 1. The molecule has 0 unspecified atom stereocenters. The predicted molar refractivity (Wildman–Crippen MR) is 67.8 cm³/mol. The van der Waals surface area contributed by atoms with Crippen LogP contribution in [0.15, 0.2) is 46.8 Å². The molecule has 0 radical (unpaired) electrons. The van der Waals surface area contributed by atoms with Gasteiger partial charge in [-0.05, 0) is 0 Å². The molecule has 1 nitrogen and oxygen atoms in total. The van der Waals surface area contributed by atoms with Crippen molar-refractivity contribution >= 4 is 31.9 Å². The summed E-state index contributed by atoms with van der Waals surface area (Å²) in [5.74, 6) is 2.13. The minimum absolute atomic E-state index is 0.382. The zero-order valence-corrected chi connectivity index (χ0v) is 11.0. The van der Waals surface area contributed by atoms with Gasteiger partial charge in [0.2, 0.25) is 0 Å². The number of hydrogen-bond acceptors (Lipinski definition) is 2. The van der Waals surface area contributed by atoms with Gasteiger partial charge in [0.15, 0.2) is 0 Å². The Kier molecular flexibility index (Phi) is 5.14. The van der Waals surface area contributed by atoms with Crippen LogP contribution < -0.4 is 0 Å². The van der Waals surface area contributed by atoms with E-state index in [-0.39, 0.29) is 0 Å². The second-order valence-corrected chi connectivity index (χ2v) is 5.45. The molecule has 0 spiro atoms. The second kappa shape index (κ2) is 6.42. The number of thiophene rings is 1. The monoisotopic (exact) mass is 281 g/mol. The molecule has 0 bridgehead atoms. The van der Waals surface area contributed by atoms with Gasteiger partial charge in [0.25, 0.3) is 0 Å². The van der Waals surface area contributed by atoms with Gasteiger partial charge in [-0.3, -0.25) is 0 Å². The van der Waals surface area contributed by atoms with Gasteiger partial charge in [-0.2, -0.15) is 0 Å². The minimum atomic E-state index is 0.382. The van der Waals surface area contributed by atoms with Crippen LogP contribution >= 0.6 is 11.3 Å². The Hall–Kier alpha value is -1.07. The van der Waals surface area contributed by atoms with E-state index < -0.39 is 0 Å². The van der Waals surface area contributed by atoms with Crippen molar-refractivity contribution in [2.24, 2.45) is 0 Å². The van der Waals surface area contributed by atoms with Gasteiger partial charge in [-0.15, -0.1) is 0 Å². The Morgan fingerprint density at radius 1 is 1.67 bits per heavy atom. The topological polar surface area (TPSA) is 23.8 Å². The van der Waals surface area contributed by atoms with Gasteiger partial charge in [0.05, 0.1) is 0 Å². The first kappa shape index (κ1) is 12.0. The zero-order chi connectivity index (χ0) is 11.1. The standard InChI is InChI=1S/C12H11NSSe/c1-3-5-11(15-2)8-10(9-13)12-6-4-7-14-12/h3-8H,1H2,2H3/b10-8+,11-5-. The molecule has 0 amide bonds. The Labute approximate surface area is 101 Å². The fourth-order valence-electron chi connectivity index (χ4n) is 1.02. The first-order valence-electron chi connectivity index (χ1n) is 4.34. The molecule has 0 aliphatic rings. The Balaban J connectivity index is 3.03. The Bertz CT molecular complexity index is 421. The molecule has 0 saturated heterocycles. The number of allylic oxidation sites excluding steroid dienone is 5. The summed E-state index contributed by atoms with van der Waals surface area (Å²) in [5, 5.41) is 11.0. The molecule has 76 valence electrons. The summed E-state index contributed by atoms with van der Waals surface area (Å²) >= 11 is 1.97. The summed E-state index contributed by atoms with van der Waals surface area (Å²) in [6, 6.07) is 6.16. The Morgan fingerprint density at radius 2 is 2.47 bits per heavy atom. The molecule has 0 fully saturated rings. The molecular weight excluding hydrogens is 269 g/mol. The van der Waals surface area contributed by atoms with Crippen molar-refractivity contribution in [3.05, 3.63) is 51.7 Å². The second-order valence-electron chi connectivity index (χ2n) is 2.66. The third-order valence-electron chi connectivity index (χ3n) is 1.71. The fraction of sp³-hybridized carbons (Fsp3) is 0.0833. The van der Waals surface area contributed by atoms with Crippen molar-refractivity contribution in [1.29, 1.82) is 5.26 Å². The van der Waals surface area contributed by atoms with Crippen molar-refractivity contribution in [2.45, 2.75) is 5.82 Å². The maximum atomic E-state index is 9.05. The quantitative estimate of drug-likeness (QED) is 0.470. The molecule has 0 N–H and O–H groups in total. The van der Waals surface area contributed by atoms with Gasteiger partial charge < -0.3 is 0 Å². The van der Waals surface area contributed by atoms with Crippen molar-refractivity contribution in [1.82, 2.24) is 0 Å². The average molecular weight is 280 g/mol. The van der Waals surface area contributed by atoms with Gasteiger partial charge in [-0.1, -0.05) is 0 Å². The third kappa shape index (κ3) is 3.53. The summed E-state index contributed by atoms with van der Waals surface area (Å²) in [6.45, 7) is 3.67. The summed E-state index contributed by atoms with van der Waals surface area (Å²) in [5.41, 5.74) is 0.738. The number of nitriles is 1. The van der Waals surface area contributed by atoms with Crippen molar-refractivity contribution in [3.63, 3.8) is 0 Å². The molecule has 0 aliphatic carbocycles. The maximum absolute atomic E-state index is 9.05. The predicted octanol–water partition coefficient (Wildman–Crippen LogP) is 3.48. The van der Waals surface area contributed by atoms with Crippen molar-refractivity contribution in [3.8, 4) is 6.07 Å². The molecule has 15 heavy (non-hydrogen) atoms. The van der Waals surface area contributed by atoms with E-state index in [1.165, 1.54) is 4.47 Å². The summed E-state index contributed by atoms with van der Waals surface area (Å²) in [7, 11) is 0. The molecule has 0 aliphatic heterocycles. The number of hydrogen-bond donors (Lipinski definition) is 0. The van der Waals surface area contributed by atoms with Crippen LogP contribution in [-0.2, 0) is 0 Å². The van der Waals surface area contributed by atoms with Gasteiger partial charge in [0.1, 0.15) is 0 Å². The molecule has 3 heteroatoms. The average Bonchev–Trinajstić information content (AvgIpc) is 2.77. The molecule has 1 aromatic heterocycles. The van der Waals surface area contributed by atoms with Gasteiger partial charge >= 0.3 is 101 Å². The summed E-state index contributed by atoms with van der Waals surface area (Å²) < 4.78 is 1.18. The van der Waals surface area contributed by atoms with Crippen molar-refractivity contribution in [2.75, 3.05) is 0 Å². The molecule has 1 rings (SSSR count). The molecular formula is C12H11NSSe. The first-order valence-corrected chi connectivity index (χ1v) is 7.79. The van der Waals surface area contributed by atoms with E-state index in [1.54, 1.807) is 17.4 Å².